The molecule has 0 radical (unpaired) electrons. The maximum atomic E-state index is 11.3. The SMILES string of the molecule is CC1=CC(=O)OCc2cc3c(cc21)OCO3. The third kappa shape index (κ3) is 1.34. The second-order valence-electron chi connectivity index (χ2n) is 3.80. The second-order valence-corrected chi connectivity index (χ2v) is 3.80. The molecule has 2 aliphatic rings. The Morgan fingerprint density at radius 3 is 2.69 bits per heavy atom. The number of carbonyl (C=O) groups excluding carboxylic acids is 1. The molecule has 2 aliphatic heterocycles. The first kappa shape index (κ1) is 9.27. The Hall–Kier alpha value is -1.97. The molecule has 0 amide bonds. The third-order valence-corrected chi connectivity index (χ3v) is 2.73. The van der Waals surface area contributed by atoms with Crippen molar-refractivity contribution in [3.05, 3.63) is 29.3 Å². The molecule has 1 aromatic rings. The molecule has 3 rings (SSSR count). The predicted molar refractivity (Wildman–Crippen MR) is 56.0 cm³/mol. The monoisotopic (exact) mass is 218 g/mol. The number of benzene rings is 1. The van der Waals surface area contributed by atoms with Crippen LogP contribution in [-0.4, -0.2) is 12.8 Å². The molecule has 0 aliphatic carbocycles. The van der Waals surface area contributed by atoms with Gasteiger partial charge in [-0.3, -0.25) is 0 Å². The second kappa shape index (κ2) is 3.27. The summed E-state index contributed by atoms with van der Waals surface area (Å²) in [5, 5.41) is 0. The van der Waals surface area contributed by atoms with Crippen LogP contribution in [0.15, 0.2) is 18.2 Å². The number of hydrogen-bond acceptors (Lipinski definition) is 4. The number of rotatable bonds is 0. The number of hydrogen-bond donors (Lipinski definition) is 0. The van der Waals surface area contributed by atoms with Gasteiger partial charge in [-0.15, -0.1) is 0 Å². The zero-order valence-electron chi connectivity index (χ0n) is 8.78. The van der Waals surface area contributed by atoms with E-state index in [2.05, 4.69) is 0 Å². The number of ether oxygens (including phenoxy) is 3. The van der Waals surface area contributed by atoms with E-state index in [1.807, 2.05) is 19.1 Å². The Balaban J connectivity index is 2.16. The van der Waals surface area contributed by atoms with Crippen molar-refractivity contribution in [2.24, 2.45) is 0 Å². The molecule has 82 valence electrons. The van der Waals surface area contributed by atoms with Crippen LogP contribution < -0.4 is 9.47 Å². The fraction of sp³-hybridized carbons (Fsp3) is 0.250. The molecular formula is C12H10O4. The predicted octanol–water partition coefficient (Wildman–Crippen LogP) is 1.88. The zero-order chi connectivity index (χ0) is 11.1. The minimum atomic E-state index is -0.310. The maximum absolute atomic E-state index is 11.3. The van der Waals surface area contributed by atoms with Crippen molar-refractivity contribution in [2.75, 3.05) is 6.79 Å². The summed E-state index contributed by atoms with van der Waals surface area (Å²) >= 11 is 0. The molecule has 0 saturated carbocycles. The van der Waals surface area contributed by atoms with Crippen LogP contribution in [0.25, 0.3) is 5.57 Å². The van der Waals surface area contributed by atoms with Crippen LogP contribution in [0.2, 0.25) is 0 Å². The van der Waals surface area contributed by atoms with E-state index >= 15 is 0 Å². The molecule has 0 aromatic heterocycles. The van der Waals surface area contributed by atoms with Gasteiger partial charge in [0.05, 0.1) is 0 Å². The minimum Gasteiger partial charge on any atom is -0.458 e. The molecule has 4 heteroatoms. The highest BCUT2D eigenvalue weighted by atomic mass is 16.7. The standard InChI is InChI=1S/C12H10O4/c1-7-2-12(13)14-5-8-3-10-11(4-9(7)8)16-6-15-10/h2-4H,5-6H2,1H3. The van der Waals surface area contributed by atoms with Gasteiger partial charge in [0.1, 0.15) is 6.61 Å². The van der Waals surface area contributed by atoms with Gasteiger partial charge in [-0.25, -0.2) is 4.79 Å². The lowest BCUT2D eigenvalue weighted by Gasteiger charge is -2.07. The molecule has 0 bridgehead atoms. The summed E-state index contributed by atoms with van der Waals surface area (Å²) < 4.78 is 15.6. The summed E-state index contributed by atoms with van der Waals surface area (Å²) in [6, 6.07) is 3.76. The van der Waals surface area contributed by atoms with Gasteiger partial charge in [-0.2, -0.15) is 0 Å². The number of fused-ring (bicyclic) bond motifs is 2. The van der Waals surface area contributed by atoms with Gasteiger partial charge in [0.25, 0.3) is 0 Å². The van der Waals surface area contributed by atoms with E-state index in [0.717, 1.165) is 22.4 Å². The Bertz CT molecular complexity index is 502. The van der Waals surface area contributed by atoms with E-state index in [4.69, 9.17) is 14.2 Å². The Kier molecular flexibility index (Phi) is 1.89. The molecule has 16 heavy (non-hydrogen) atoms. The first-order valence-corrected chi connectivity index (χ1v) is 5.02. The van der Waals surface area contributed by atoms with Crippen molar-refractivity contribution in [3.63, 3.8) is 0 Å². The largest absolute Gasteiger partial charge is 0.458 e. The van der Waals surface area contributed by atoms with Crippen molar-refractivity contribution in [2.45, 2.75) is 13.5 Å². The normalized spacial score (nSPS) is 17.3. The van der Waals surface area contributed by atoms with E-state index in [1.165, 1.54) is 6.08 Å². The third-order valence-electron chi connectivity index (χ3n) is 2.73. The number of carbonyl (C=O) groups is 1. The van der Waals surface area contributed by atoms with Crippen LogP contribution in [0, 0.1) is 0 Å². The summed E-state index contributed by atoms with van der Waals surface area (Å²) in [5.41, 5.74) is 2.81. The van der Waals surface area contributed by atoms with E-state index in [0.29, 0.717) is 5.75 Å². The van der Waals surface area contributed by atoms with Crippen molar-refractivity contribution in [1.82, 2.24) is 0 Å². The number of cyclic esters (lactones) is 1. The molecule has 0 fully saturated rings. The summed E-state index contributed by atoms with van der Waals surface area (Å²) in [5.74, 6) is 1.13. The molecule has 0 N–H and O–H groups in total. The van der Waals surface area contributed by atoms with Crippen LogP contribution >= 0.6 is 0 Å². The van der Waals surface area contributed by atoms with E-state index in [9.17, 15) is 4.79 Å². The summed E-state index contributed by atoms with van der Waals surface area (Å²) in [7, 11) is 0. The molecule has 0 unspecified atom stereocenters. The molecule has 2 heterocycles. The highest BCUT2D eigenvalue weighted by Gasteiger charge is 2.20. The zero-order valence-corrected chi connectivity index (χ0v) is 8.78. The average molecular weight is 218 g/mol. The van der Waals surface area contributed by atoms with Crippen LogP contribution in [0.3, 0.4) is 0 Å². The van der Waals surface area contributed by atoms with Gasteiger partial charge in [0, 0.05) is 11.6 Å². The van der Waals surface area contributed by atoms with Crippen LogP contribution in [-0.2, 0) is 16.1 Å². The van der Waals surface area contributed by atoms with Gasteiger partial charge in [0.2, 0.25) is 6.79 Å². The highest BCUT2D eigenvalue weighted by molar-refractivity contribution is 5.92. The molecule has 0 saturated heterocycles. The van der Waals surface area contributed by atoms with Gasteiger partial charge in [-0.05, 0) is 30.2 Å². The van der Waals surface area contributed by atoms with Crippen LogP contribution in [0.1, 0.15) is 18.1 Å². The molecular weight excluding hydrogens is 208 g/mol. The van der Waals surface area contributed by atoms with Gasteiger partial charge < -0.3 is 14.2 Å². The molecule has 1 aromatic carbocycles. The first-order chi connectivity index (χ1) is 7.74. The first-order valence-electron chi connectivity index (χ1n) is 5.02. The lowest BCUT2D eigenvalue weighted by Crippen LogP contribution is -1.98. The lowest BCUT2D eigenvalue weighted by molar-refractivity contribution is -0.138. The van der Waals surface area contributed by atoms with Crippen molar-refractivity contribution in [3.8, 4) is 11.5 Å². The molecule has 0 spiro atoms. The minimum absolute atomic E-state index is 0.251. The summed E-state index contributed by atoms with van der Waals surface area (Å²) in [6.07, 6.45) is 1.49. The fourth-order valence-corrected chi connectivity index (χ4v) is 1.92. The highest BCUT2D eigenvalue weighted by Crippen LogP contribution is 2.38. The Morgan fingerprint density at radius 2 is 1.88 bits per heavy atom. The van der Waals surface area contributed by atoms with Crippen molar-refractivity contribution < 1.29 is 19.0 Å². The number of allylic oxidation sites excluding steroid dienone is 1. The van der Waals surface area contributed by atoms with Gasteiger partial charge in [0.15, 0.2) is 11.5 Å². The summed E-state index contributed by atoms with van der Waals surface area (Å²) in [6.45, 7) is 2.41. The summed E-state index contributed by atoms with van der Waals surface area (Å²) in [4.78, 5) is 11.3. The number of esters is 1. The van der Waals surface area contributed by atoms with Gasteiger partial charge in [-0.1, -0.05) is 0 Å². The molecule has 0 atom stereocenters. The lowest BCUT2D eigenvalue weighted by atomic mass is 10.0. The Labute approximate surface area is 92.4 Å². The molecule has 4 nitrogen and oxygen atoms in total. The Morgan fingerprint density at radius 1 is 1.12 bits per heavy atom. The average Bonchev–Trinajstić information content (AvgIpc) is 2.66. The van der Waals surface area contributed by atoms with E-state index in [1.54, 1.807) is 0 Å². The quantitative estimate of drug-likeness (QED) is 0.623. The smallest absolute Gasteiger partial charge is 0.331 e. The van der Waals surface area contributed by atoms with Crippen molar-refractivity contribution in [1.29, 1.82) is 0 Å². The van der Waals surface area contributed by atoms with E-state index in [-0.39, 0.29) is 19.4 Å². The van der Waals surface area contributed by atoms with E-state index < -0.39 is 0 Å². The maximum Gasteiger partial charge on any atom is 0.331 e. The topological polar surface area (TPSA) is 44.8 Å². The van der Waals surface area contributed by atoms with Crippen molar-refractivity contribution >= 4 is 11.5 Å². The van der Waals surface area contributed by atoms with Crippen LogP contribution in [0.4, 0.5) is 0 Å². The van der Waals surface area contributed by atoms with Crippen LogP contribution in [0.5, 0.6) is 11.5 Å². The fourth-order valence-electron chi connectivity index (χ4n) is 1.92. The van der Waals surface area contributed by atoms with Gasteiger partial charge >= 0.3 is 5.97 Å².